The van der Waals surface area contributed by atoms with Crippen LogP contribution in [-0.4, -0.2) is 61.7 Å². The first-order chi connectivity index (χ1) is 24.6. The highest BCUT2D eigenvalue weighted by Crippen LogP contribution is 2.17. The molecule has 0 aromatic heterocycles. The van der Waals surface area contributed by atoms with E-state index in [-0.39, 0.29) is 50.5 Å². The summed E-state index contributed by atoms with van der Waals surface area (Å²) in [5.41, 5.74) is 3.47. The molecule has 0 fully saturated rings. The van der Waals surface area contributed by atoms with Crippen LogP contribution < -0.4 is 16.0 Å². The van der Waals surface area contributed by atoms with Gasteiger partial charge in [-0.1, -0.05) is 78.9 Å². The third-order valence-electron chi connectivity index (χ3n) is 8.42. The fourth-order valence-corrected chi connectivity index (χ4v) is 5.53. The Labute approximate surface area is 299 Å². The van der Waals surface area contributed by atoms with E-state index in [0.717, 1.165) is 22.3 Å². The van der Waals surface area contributed by atoms with Crippen LogP contribution in [0.2, 0.25) is 0 Å². The van der Waals surface area contributed by atoms with E-state index in [0.29, 0.717) is 31.4 Å². The summed E-state index contributed by atoms with van der Waals surface area (Å²) in [6, 6.07) is 22.9. The maximum absolute atomic E-state index is 13.8. The third kappa shape index (κ3) is 14.6. The van der Waals surface area contributed by atoms with E-state index < -0.39 is 42.2 Å². The SMILES string of the molecule is CNC(=O)CCCC(=O)NCCCC[C@@H](NC(=O)[C@H](CC(=O)OCc1ccccc1)Cc1ccccc1)C(=O)COC(=O)c1c(C)cccc1C. The summed E-state index contributed by atoms with van der Waals surface area (Å²) >= 11 is 0. The smallest absolute Gasteiger partial charge is 0.339 e. The molecule has 11 nitrogen and oxygen atoms in total. The molecule has 0 aliphatic heterocycles. The summed E-state index contributed by atoms with van der Waals surface area (Å²) < 4.78 is 10.9. The summed E-state index contributed by atoms with van der Waals surface area (Å²) in [5, 5.41) is 8.17. The van der Waals surface area contributed by atoms with Crippen molar-refractivity contribution in [1.29, 1.82) is 0 Å². The highest BCUT2D eigenvalue weighted by molar-refractivity contribution is 5.96. The number of unbranched alkanes of at least 4 members (excludes halogenated alkanes) is 1. The van der Waals surface area contributed by atoms with Gasteiger partial charge in [0.05, 0.1) is 23.9 Å². The lowest BCUT2D eigenvalue weighted by molar-refractivity contribution is -0.148. The minimum absolute atomic E-state index is 0.0663. The van der Waals surface area contributed by atoms with Gasteiger partial charge in [-0.15, -0.1) is 0 Å². The fraction of sp³-hybridized carbons (Fsp3) is 0.400. The van der Waals surface area contributed by atoms with Gasteiger partial charge in [0.1, 0.15) is 6.61 Å². The maximum atomic E-state index is 13.8. The van der Waals surface area contributed by atoms with E-state index in [1.165, 1.54) is 0 Å². The molecule has 3 aromatic rings. The van der Waals surface area contributed by atoms with Crippen molar-refractivity contribution in [2.45, 2.75) is 77.9 Å². The monoisotopic (exact) mass is 699 g/mol. The second-order valence-electron chi connectivity index (χ2n) is 12.5. The number of esters is 2. The van der Waals surface area contributed by atoms with Gasteiger partial charge in [0.2, 0.25) is 17.7 Å². The van der Waals surface area contributed by atoms with Crippen molar-refractivity contribution >= 4 is 35.4 Å². The number of aryl methyl sites for hydroxylation is 2. The molecule has 0 aliphatic rings. The first-order valence-corrected chi connectivity index (χ1v) is 17.3. The summed E-state index contributed by atoms with van der Waals surface area (Å²) in [4.78, 5) is 76.8. The Bertz CT molecular complexity index is 1590. The zero-order valence-electron chi connectivity index (χ0n) is 29.7. The zero-order chi connectivity index (χ0) is 37.0. The second kappa shape index (κ2) is 21.7. The average molecular weight is 700 g/mol. The molecule has 11 heteroatoms. The number of rotatable bonds is 21. The van der Waals surface area contributed by atoms with Crippen LogP contribution >= 0.6 is 0 Å². The number of ketones is 1. The maximum Gasteiger partial charge on any atom is 0.339 e. The van der Waals surface area contributed by atoms with Crippen LogP contribution in [0.1, 0.15) is 77.6 Å². The summed E-state index contributed by atoms with van der Waals surface area (Å²) in [5.74, 6) is -3.32. The number of carbonyl (C=O) groups is 6. The number of carbonyl (C=O) groups excluding carboxylic acids is 6. The minimum atomic E-state index is -1.01. The molecular formula is C40H49N3O8. The van der Waals surface area contributed by atoms with Gasteiger partial charge in [-0.05, 0) is 68.2 Å². The van der Waals surface area contributed by atoms with Crippen molar-refractivity contribution in [1.82, 2.24) is 16.0 Å². The molecule has 3 amide bonds. The molecule has 0 aliphatic carbocycles. The topological polar surface area (TPSA) is 157 Å². The predicted octanol–water partition coefficient (Wildman–Crippen LogP) is 4.71. The van der Waals surface area contributed by atoms with Gasteiger partial charge in [0, 0.05) is 26.4 Å². The van der Waals surface area contributed by atoms with E-state index in [4.69, 9.17) is 9.47 Å². The van der Waals surface area contributed by atoms with Crippen molar-refractivity contribution in [3.05, 3.63) is 107 Å². The molecule has 3 N–H and O–H groups in total. The van der Waals surface area contributed by atoms with Crippen LogP contribution in [0.15, 0.2) is 78.9 Å². The molecule has 3 rings (SSSR count). The molecule has 51 heavy (non-hydrogen) atoms. The lowest BCUT2D eigenvalue weighted by Crippen LogP contribution is -2.46. The van der Waals surface area contributed by atoms with Crippen molar-refractivity contribution in [2.75, 3.05) is 20.2 Å². The van der Waals surface area contributed by atoms with E-state index >= 15 is 0 Å². The van der Waals surface area contributed by atoms with E-state index in [1.54, 1.807) is 33.0 Å². The van der Waals surface area contributed by atoms with Crippen molar-refractivity contribution in [3.8, 4) is 0 Å². The number of ether oxygens (including phenoxy) is 2. The van der Waals surface area contributed by atoms with Crippen LogP contribution in [0.3, 0.4) is 0 Å². The first kappa shape index (κ1) is 40.1. The normalized spacial score (nSPS) is 11.8. The number of amides is 3. The molecular weight excluding hydrogens is 650 g/mol. The van der Waals surface area contributed by atoms with E-state index in [9.17, 15) is 28.8 Å². The predicted molar refractivity (Wildman–Crippen MR) is 192 cm³/mol. The summed E-state index contributed by atoms with van der Waals surface area (Å²) in [6.45, 7) is 3.43. The Kier molecular flexibility index (Phi) is 17.1. The lowest BCUT2D eigenvalue weighted by Gasteiger charge is -2.22. The lowest BCUT2D eigenvalue weighted by atomic mass is 9.94. The number of hydrogen-bond acceptors (Lipinski definition) is 8. The van der Waals surface area contributed by atoms with Crippen molar-refractivity contribution in [3.63, 3.8) is 0 Å². The molecule has 272 valence electrons. The molecule has 0 unspecified atom stereocenters. The highest BCUT2D eigenvalue weighted by atomic mass is 16.5. The molecule has 0 bridgehead atoms. The second-order valence-corrected chi connectivity index (χ2v) is 12.5. The Morgan fingerprint density at radius 1 is 0.706 bits per heavy atom. The number of benzene rings is 3. The van der Waals surface area contributed by atoms with Crippen molar-refractivity contribution in [2.24, 2.45) is 5.92 Å². The Balaban J connectivity index is 1.67. The first-order valence-electron chi connectivity index (χ1n) is 17.3. The summed E-state index contributed by atoms with van der Waals surface area (Å²) in [7, 11) is 1.54. The molecule has 0 saturated heterocycles. The van der Waals surface area contributed by atoms with Crippen LogP contribution in [-0.2, 0) is 46.5 Å². The van der Waals surface area contributed by atoms with Gasteiger partial charge in [-0.3, -0.25) is 24.0 Å². The fourth-order valence-electron chi connectivity index (χ4n) is 5.53. The van der Waals surface area contributed by atoms with Crippen LogP contribution in [0.5, 0.6) is 0 Å². The number of nitrogens with one attached hydrogen (secondary N) is 3. The molecule has 0 saturated carbocycles. The number of Topliss-reactive ketones (excluding diaryl/α,β-unsaturated/α-hetero) is 1. The zero-order valence-corrected chi connectivity index (χ0v) is 29.7. The Hall–Kier alpha value is -5.32. The van der Waals surface area contributed by atoms with Crippen LogP contribution in [0.25, 0.3) is 0 Å². The molecule has 3 aromatic carbocycles. The molecule has 2 atom stereocenters. The van der Waals surface area contributed by atoms with Crippen LogP contribution in [0, 0.1) is 19.8 Å². The Morgan fingerprint density at radius 2 is 1.33 bits per heavy atom. The van der Waals surface area contributed by atoms with E-state index in [2.05, 4.69) is 16.0 Å². The van der Waals surface area contributed by atoms with Gasteiger partial charge in [0.25, 0.3) is 0 Å². The third-order valence-corrected chi connectivity index (χ3v) is 8.42. The number of hydrogen-bond donors (Lipinski definition) is 3. The molecule has 0 spiro atoms. The highest BCUT2D eigenvalue weighted by Gasteiger charge is 2.29. The van der Waals surface area contributed by atoms with Gasteiger partial charge in [-0.25, -0.2) is 4.79 Å². The van der Waals surface area contributed by atoms with Gasteiger partial charge < -0.3 is 25.4 Å². The standard InChI is InChI=1S/C40H49N3O8/c1-28-14-12-15-29(2)38(28)40(49)51-27-34(44)33(20-10-11-23-42-36(46)22-13-21-35(45)41-3)43-39(48)32(24-30-16-6-4-7-17-30)25-37(47)50-26-31-18-8-5-9-19-31/h4-9,12,14-19,32-33H,10-11,13,20-27H2,1-3H3,(H,41,45)(H,42,46)(H,43,48)/t32-,33+/m0/s1. The molecule has 0 radical (unpaired) electrons. The molecule has 0 heterocycles. The van der Waals surface area contributed by atoms with Gasteiger partial charge in [0.15, 0.2) is 12.4 Å². The van der Waals surface area contributed by atoms with Gasteiger partial charge in [-0.2, -0.15) is 0 Å². The van der Waals surface area contributed by atoms with Crippen LogP contribution in [0.4, 0.5) is 0 Å². The quantitative estimate of drug-likeness (QED) is 0.107. The van der Waals surface area contributed by atoms with Gasteiger partial charge >= 0.3 is 11.9 Å². The van der Waals surface area contributed by atoms with E-state index in [1.807, 2.05) is 66.7 Å². The van der Waals surface area contributed by atoms with Crippen molar-refractivity contribution < 1.29 is 38.2 Å². The Morgan fingerprint density at radius 3 is 1.98 bits per heavy atom. The largest absolute Gasteiger partial charge is 0.461 e. The summed E-state index contributed by atoms with van der Waals surface area (Å²) in [6.07, 6.45) is 2.13. The minimum Gasteiger partial charge on any atom is -0.461 e. The average Bonchev–Trinajstić information content (AvgIpc) is 3.12.